The monoisotopic (exact) mass is 249 g/mol. The van der Waals surface area contributed by atoms with Crippen LogP contribution in [0.25, 0.3) is 0 Å². The molecule has 3 nitrogen and oxygen atoms in total. The van der Waals surface area contributed by atoms with Crippen LogP contribution in [0.2, 0.25) is 10.0 Å². The number of benzene rings is 1. The molecule has 3 N–H and O–H groups in total. The minimum absolute atomic E-state index is 0.651. The van der Waals surface area contributed by atoms with E-state index in [1.807, 2.05) is 18.2 Å². The van der Waals surface area contributed by atoms with Crippen molar-refractivity contribution in [3.05, 3.63) is 33.8 Å². The molecule has 1 rings (SSSR count). The van der Waals surface area contributed by atoms with Gasteiger partial charge >= 0.3 is 6.09 Å². The maximum absolute atomic E-state index is 8.78. The minimum atomic E-state index is -1.33. The van der Waals surface area contributed by atoms with Gasteiger partial charge in [0.25, 0.3) is 0 Å². The summed E-state index contributed by atoms with van der Waals surface area (Å²) in [5.41, 5.74) is 5.17. The third-order valence-electron chi connectivity index (χ3n) is 1.55. The van der Waals surface area contributed by atoms with Gasteiger partial charge in [-0.2, -0.15) is 0 Å². The predicted molar refractivity (Wildman–Crippen MR) is 62.7 cm³/mol. The van der Waals surface area contributed by atoms with Crippen LogP contribution < -0.4 is 5.73 Å². The molecule has 0 unspecified atom stereocenters. The number of carbonyl (C=O) groups is 1. The van der Waals surface area contributed by atoms with Crippen molar-refractivity contribution >= 4 is 29.3 Å². The topological polar surface area (TPSA) is 63.3 Å². The maximum atomic E-state index is 8.78. The Morgan fingerprint density at radius 2 is 2.00 bits per heavy atom. The van der Waals surface area contributed by atoms with Crippen molar-refractivity contribution in [1.29, 1.82) is 0 Å². The summed E-state index contributed by atoms with van der Waals surface area (Å²) in [6, 6.07) is 5.75. The number of hydrogen-bond acceptors (Lipinski definition) is 1. The second-order valence-electron chi connectivity index (χ2n) is 2.80. The fraction of sp³-hybridized carbons (Fsp3) is 0.300. The van der Waals surface area contributed by atoms with E-state index in [1.165, 1.54) is 0 Å². The zero-order valence-electron chi connectivity index (χ0n) is 8.34. The first-order valence-corrected chi connectivity index (χ1v) is 5.15. The van der Waals surface area contributed by atoms with E-state index in [4.69, 9.17) is 33.1 Å². The summed E-state index contributed by atoms with van der Waals surface area (Å²) < 4.78 is 0. The Morgan fingerprint density at radius 1 is 1.47 bits per heavy atom. The first-order chi connectivity index (χ1) is 6.99. The number of amides is 1. The van der Waals surface area contributed by atoms with E-state index >= 15 is 0 Å². The Kier molecular flexibility index (Phi) is 6.92. The van der Waals surface area contributed by atoms with Gasteiger partial charge < -0.3 is 10.8 Å². The lowest BCUT2D eigenvalue weighted by Crippen LogP contribution is -2.03. The number of hydrogen-bond donors (Lipinski definition) is 2. The van der Waals surface area contributed by atoms with Gasteiger partial charge in [0.1, 0.15) is 0 Å². The number of aryl methyl sites for hydroxylation is 1. The summed E-state index contributed by atoms with van der Waals surface area (Å²) in [7, 11) is 0. The molecule has 5 heteroatoms. The fourth-order valence-corrected chi connectivity index (χ4v) is 1.43. The molecule has 0 aliphatic carbocycles. The van der Waals surface area contributed by atoms with Crippen molar-refractivity contribution in [2.24, 2.45) is 5.73 Å². The molecule has 0 saturated carbocycles. The number of carboxylic acid groups (broad SMARTS) is 1. The molecule has 1 aromatic rings. The maximum Gasteiger partial charge on any atom is 0.402 e. The second kappa shape index (κ2) is 7.37. The van der Waals surface area contributed by atoms with E-state index in [1.54, 1.807) is 0 Å². The molecule has 0 aromatic heterocycles. The largest absolute Gasteiger partial charge is 0.465 e. The SMILES string of the molecule is CCCc1cccc(Cl)c1Cl.NC(=O)O. The molecule has 0 aliphatic heterocycles. The van der Waals surface area contributed by atoms with Crippen molar-refractivity contribution in [3.8, 4) is 0 Å². The van der Waals surface area contributed by atoms with Crippen LogP contribution in [0.1, 0.15) is 18.9 Å². The van der Waals surface area contributed by atoms with Crippen molar-refractivity contribution in [3.63, 3.8) is 0 Å². The van der Waals surface area contributed by atoms with Crippen molar-refractivity contribution < 1.29 is 9.90 Å². The molecule has 0 aliphatic rings. The predicted octanol–water partition coefficient (Wildman–Crippen LogP) is 3.57. The zero-order valence-corrected chi connectivity index (χ0v) is 9.85. The van der Waals surface area contributed by atoms with Crippen LogP contribution in [0.4, 0.5) is 4.79 Å². The highest BCUT2D eigenvalue weighted by Gasteiger charge is 2.01. The van der Waals surface area contributed by atoms with E-state index in [2.05, 4.69) is 12.7 Å². The highest BCUT2D eigenvalue weighted by atomic mass is 35.5. The number of primary amides is 1. The molecule has 0 radical (unpaired) electrons. The number of rotatable bonds is 2. The summed E-state index contributed by atoms with van der Waals surface area (Å²) >= 11 is 11.8. The van der Waals surface area contributed by atoms with Gasteiger partial charge in [-0.15, -0.1) is 0 Å². The fourth-order valence-electron chi connectivity index (χ4n) is 1.01. The van der Waals surface area contributed by atoms with E-state index in [9.17, 15) is 0 Å². The molecule has 0 spiro atoms. The normalized spacial score (nSPS) is 9.00. The summed E-state index contributed by atoms with van der Waals surface area (Å²) in [6.45, 7) is 2.12. The van der Waals surface area contributed by atoms with Crippen molar-refractivity contribution in [2.45, 2.75) is 19.8 Å². The summed E-state index contributed by atoms with van der Waals surface area (Å²) in [4.78, 5) is 8.78. The van der Waals surface area contributed by atoms with Gasteiger partial charge in [-0.05, 0) is 18.1 Å². The molecular weight excluding hydrogens is 237 g/mol. The van der Waals surface area contributed by atoms with Crippen molar-refractivity contribution in [2.75, 3.05) is 0 Å². The molecule has 0 atom stereocenters. The van der Waals surface area contributed by atoms with Crippen LogP contribution >= 0.6 is 23.2 Å². The molecular formula is C10H13Cl2NO2. The summed E-state index contributed by atoms with van der Waals surface area (Å²) in [5, 5.41) is 8.55. The van der Waals surface area contributed by atoms with Gasteiger partial charge in [0.2, 0.25) is 0 Å². The number of nitrogens with two attached hydrogens (primary N) is 1. The lowest BCUT2D eigenvalue weighted by Gasteiger charge is -2.02. The molecule has 1 amide bonds. The zero-order chi connectivity index (χ0) is 11.8. The quantitative estimate of drug-likeness (QED) is 0.842. The molecule has 0 heterocycles. The summed E-state index contributed by atoms with van der Waals surface area (Å²) in [5.74, 6) is 0. The van der Waals surface area contributed by atoms with Gasteiger partial charge in [0, 0.05) is 0 Å². The van der Waals surface area contributed by atoms with Crippen LogP contribution in [-0.2, 0) is 6.42 Å². The lowest BCUT2D eigenvalue weighted by atomic mass is 10.1. The smallest absolute Gasteiger partial charge is 0.402 e. The third kappa shape index (κ3) is 6.20. The Balaban J connectivity index is 0.000000423. The lowest BCUT2D eigenvalue weighted by molar-refractivity contribution is 0.205. The van der Waals surface area contributed by atoms with Crippen LogP contribution in [0.5, 0.6) is 0 Å². The highest BCUT2D eigenvalue weighted by molar-refractivity contribution is 6.42. The average Bonchev–Trinajstić information content (AvgIpc) is 2.12. The van der Waals surface area contributed by atoms with E-state index < -0.39 is 6.09 Å². The van der Waals surface area contributed by atoms with Gasteiger partial charge in [-0.25, -0.2) is 4.79 Å². The molecule has 0 fully saturated rings. The van der Waals surface area contributed by atoms with E-state index in [0.29, 0.717) is 10.0 Å². The molecule has 0 saturated heterocycles. The third-order valence-corrected chi connectivity index (χ3v) is 2.41. The first kappa shape index (κ1) is 14.1. The van der Waals surface area contributed by atoms with Gasteiger partial charge in [-0.1, -0.05) is 48.7 Å². The van der Waals surface area contributed by atoms with E-state index in [-0.39, 0.29) is 0 Å². The average molecular weight is 250 g/mol. The Hall–Kier alpha value is -0.930. The Labute approximate surface area is 98.8 Å². The molecule has 84 valence electrons. The number of halogens is 2. The van der Waals surface area contributed by atoms with Crippen LogP contribution in [-0.4, -0.2) is 11.2 Å². The minimum Gasteiger partial charge on any atom is -0.465 e. The van der Waals surface area contributed by atoms with Crippen LogP contribution in [0.15, 0.2) is 18.2 Å². The standard InChI is InChI=1S/C9H10Cl2.CH3NO2/c1-2-4-7-5-3-6-8(10)9(7)11;2-1(3)4/h3,5-6H,2,4H2,1H3;2H2,(H,3,4). The van der Waals surface area contributed by atoms with Gasteiger partial charge in [0.05, 0.1) is 10.0 Å². The van der Waals surface area contributed by atoms with Gasteiger partial charge in [-0.3, -0.25) is 0 Å². The molecule has 1 aromatic carbocycles. The second-order valence-corrected chi connectivity index (χ2v) is 3.59. The van der Waals surface area contributed by atoms with Gasteiger partial charge in [0.15, 0.2) is 0 Å². The molecule has 0 bridgehead atoms. The highest BCUT2D eigenvalue weighted by Crippen LogP contribution is 2.26. The van der Waals surface area contributed by atoms with Crippen molar-refractivity contribution in [1.82, 2.24) is 0 Å². The summed E-state index contributed by atoms with van der Waals surface area (Å²) in [6.07, 6.45) is 0.763. The molecule has 15 heavy (non-hydrogen) atoms. The van der Waals surface area contributed by atoms with E-state index in [0.717, 1.165) is 18.4 Å². The Morgan fingerprint density at radius 3 is 2.47 bits per heavy atom. The first-order valence-electron chi connectivity index (χ1n) is 4.40. The Bertz CT molecular complexity index is 325. The van der Waals surface area contributed by atoms with Crippen LogP contribution in [0, 0.1) is 0 Å². The van der Waals surface area contributed by atoms with Crippen LogP contribution in [0.3, 0.4) is 0 Å².